The number of halogens is 1. The maximum atomic E-state index is 11.3. The van der Waals surface area contributed by atoms with E-state index >= 15 is 0 Å². The van der Waals surface area contributed by atoms with Crippen molar-refractivity contribution in [2.75, 3.05) is 0 Å². The number of carbonyl (C=O) groups is 1. The fourth-order valence-electron chi connectivity index (χ4n) is 1.23. The summed E-state index contributed by atoms with van der Waals surface area (Å²) in [6.45, 7) is 6.23. The first-order chi connectivity index (χ1) is 6.06. The Morgan fingerprint density at radius 3 is 2.54 bits per heavy atom. The summed E-state index contributed by atoms with van der Waals surface area (Å²) in [5.41, 5.74) is 0. The number of alkyl halides is 1. The Morgan fingerprint density at radius 2 is 2.08 bits per heavy atom. The Hall–Kier alpha value is -0.0500. The quantitative estimate of drug-likeness (QED) is 0.721. The molecule has 3 heteroatoms. The third-order valence-electron chi connectivity index (χ3n) is 1.84. The van der Waals surface area contributed by atoms with Crippen LogP contribution in [0.25, 0.3) is 0 Å². The predicted octanol–water partition coefficient (Wildman–Crippen LogP) is 2.85. The Morgan fingerprint density at radius 1 is 1.46 bits per heavy atom. The van der Waals surface area contributed by atoms with E-state index in [2.05, 4.69) is 35.1 Å². The van der Waals surface area contributed by atoms with Crippen LogP contribution in [0.15, 0.2) is 0 Å². The van der Waals surface area contributed by atoms with Crippen LogP contribution in [0.3, 0.4) is 0 Å². The molecule has 1 N–H and O–H groups in total. The van der Waals surface area contributed by atoms with Gasteiger partial charge in [-0.2, -0.15) is 0 Å². The molecule has 0 aliphatic rings. The number of unbranched alkanes of at least 4 members (excludes halogenated alkanes) is 1. The van der Waals surface area contributed by atoms with E-state index in [4.69, 9.17) is 0 Å². The van der Waals surface area contributed by atoms with Gasteiger partial charge in [-0.05, 0) is 19.8 Å². The summed E-state index contributed by atoms with van der Waals surface area (Å²) in [4.78, 5) is 11.7. The van der Waals surface area contributed by atoms with Crippen LogP contribution < -0.4 is 5.32 Å². The van der Waals surface area contributed by atoms with Crippen LogP contribution in [0.5, 0.6) is 0 Å². The Labute approximate surface area is 89.6 Å². The highest BCUT2D eigenvalue weighted by Crippen LogP contribution is 2.06. The third-order valence-corrected chi connectivity index (χ3v) is 2.22. The van der Waals surface area contributed by atoms with Gasteiger partial charge in [-0.3, -0.25) is 4.79 Å². The van der Waals surface area contributed by atoms with Crippen molar-refractivity contribution in [3.63, 3.8) is 0 Å². The molecule has 0 aliphatic heterocycles. The van der Waals surface area contributed by atoms with Gasteiger partial charge in [0.2, 0.25) is 5.91 Å². The minimum atomic E-state index is 0.183. The number of hydrogen-bond acceptors (Lipinski definition) is 1. The van der Waals surface area contributed by atoms with Gasteiger partial charge in [0.25, 0.3) is 0 Å². The molecule has 0 saturated carbocycles. The molecule has 0 rings (SSSR count). The summed E-state index contributed by atoms with van der Waals surface area (Å²) < 4.78 is 0. The van der Waals surface area contributed by atoms with Crippen molar-refractivity contribution >= 4 is 21.8 Å². The van der Waals surface area contributed by atoms with Crippen LogP contribution >= 0.6 is 15.9 Å². The van der Waals surface area contributed by atoms with Gasteiger partial charge in [-0.25, -0.2) is 0 Å². The van der Waals surface area contributed by atoms with Crippen molar-refractivity contribution in [2.24, 2.45) is 0 Å². The number of carbonyl (C=O) groups excluding carboxylic acids is 1. The number of hydrogen-bond donors (Lipinski definition) is 1. The molecule has 13 heavy (non-hydrogen) atoms. The second-order valence-electron chi connectivity index (χ2n) is 3.59. The summed E-state index contributed by atoms with van der Waals surface area (Å²) in [5, 5.41) is 2.98. The minimum Gasteiger partial charge on any atom is -0.354 e. The Balaban J connectivity index is 3.53. The first-order valence-electron chi connectivity index (χ1n) is 4.99. The molecule has 2 atom stereocenters. The number of amides is 1. The van der Waals surface area contributed by atoms with E-state index in [9.17, 15) is 4.79 Å². The molecule has 2 nitrogen and oxygen atoms in total. The van der Waals surface area contributed by atoms with Crippen LogP contribution in [0.4, 0.5) is 0 Å². The van der Waals surface area contributed by atoms with Crippen LogP contribution in [0.1, 0.15) is 46.5 Å². The zero-order valence-electron chi connectivity index (χ0n) is 8.77. The highest BCUT2D eigenvalue weighted by atomic mass is 79.9. The van der Waals surface area contributed by atoms with Crippen LogP contribution in [0, 0.1) is 0 Å². The van der Waals surface area contributed by atoms with Gasteiger partial charge in [0.1, 0.15) is 0 Å². The van der Waals surface area contributed by atoms with E-state index in [0.29, 0.717) is 11.2 Å². The zero-order valence-corrected chi connectivity index (χ0v) is 10.4. The standard InChI is InChI=1S/C10H20BrNO/c1-4-5-6-10(13)12-9(3)7-8(2)11/h8-9H,4-7H2,1-3H3,(H,12,13). The molecule has 0 aliphatic carbocycles. The van der Waals surface area contributed by atoms with Gasteiger partial charge in [0.15, 0.2) is 0 Å². The number of rotatable bonds is 6. The molecular weight excluding hydrogens is 230 g/mol. The van der Waals surface area contributed by atoms with E-state index in [1.165, 1.54) is 0 Å². The lowest BCUT2D eigenvalue weighted by atomic mass is 10.2. The van der Waals surface area contributed by atoms with Crippen molar-refractivity contribution in [2.45, 2.75) is 57.3 Å². The fraction of sp³-hybridized carbons (Fsp3) is 0.900. The van der Waals surface area contributed by atoms with Gasteiger partial charge in [0, 0.05) is 17.3 Å². The molecule has 1 amide bonds. The smallest absolute Gasteiger partial charge is 0.220 e. The lowest BCUT2D eigenvalue weighted by Gasteiger charge is -2.14. The van der Waals surface area contributed by atoms with E-state index in [1.807, 2.05) is 6.92 Å². The minimum absolute atomic E-state index is 0.183. The van der Waals surface area contributed by atoms with Crippen molar-refractivity contribution in [3.8, 4) is 0 Å². The summed E-state index contributed by atoms with van der Waals surface area (Å²) >= 11 is 3.47. The van der Waals surface area contributed by atoms with Crippen LogP contribution in [0.2, 0.25) is 0 Å². The maximum absolute atomic E-state index is 11.3. The lowest BCUT2D eigenvalue weighted by Crippen LogP contribution is -2.33. The van der Waals surface area contributed by atoms with E-state index in [0.717, 1.165) is 19.3 Å². The molecule has 0 spiro atoms. The normalized spacial score (nSPS) is 15.1. The molecule has 0 saturated heterocycles. The second kappa shape index (κ2) is 7.36. The molecular formula is C10H20BrNO. The highest BCUT2D eigenvalue weighted by Gasteiger charge is 2.08. The maximum Gasteiger partial charge on any atom is 0.220 e. The molecule has 0 heterocycles. The first kappa shape index (κ1) is 12.9. The Bertz CT molecular complexity index is 148. The third kappa shape index (κ3) is 8.28. The van der Waals surface area contributed by atoms with Gasteiger partial charge in [0.05, 0.1) is 0 Å². The molecule has 0 aromatic rings. The SMILES string of the molecule is CCCCC(=O)NC(C)CC(C)Br. The lowest BCUT2D eigenvalue weighted by molar-refractivity contribution is -0.121. The molecule has 78 valence electrons. The average Bonchev–Trinajstić information content (AvgIpc) is 1.98. The molecule has 2 unspecified atom stereocenters. The summed E-state index contributed by atoms with van der Waals surface area (Å²) in [6.07, 6.45) is 3.72. The van der Waals surface area contributed by atoms with Crippen LogP contribution in [-0.4, -0.2) is 16.8 Å². The van der Waals surface area contributed by atoms with Crippen molar-refractivity contribution < 1.29 is 4.79 Å². The summed E-state index contributed by atoms with van der Waals surface area (Å²) in [5.74, 6) is 0.183. The average molecular weight is 250 g/mol. The monoisotopic (exact) mass is 249 g/mol. The fourth-order valence-corrected chi connectivity index (χ4v) is 1.79. The largest absolute Gasteiger partial charge is 0.354 e. The van der Waals surface area contributed by atoms with E-state index < -0.39 is 0 Å². The van der Waals surface area contributed by atoms with E-state index in [1.54, 1.807) is 0 Å². The topological polar surface area (TPSA) is 29.1 Å². The summed E-state index contributed by atoms with van der Waals surface area (Å²) in [7, 11) is 0. The molecule has 0 radical (unpaired) electrons. The first-order valence-corrected chi connectivity index (χ1v) is 5.91. The zero-order chi connectivity index (χ0) is 10.3. The van der Waals surface area contributed by atoms with Crippen molar-refractivity contribution in [1.29, 1.82) is 0 Å². The van der Waals surface area contributed by atoms with Crippen molar-refractivity contribution in [3.05, 3.63) is 0 Å². The summed E-state index contributed by atoms with van der Waals surface area (Å²) in [6, 6.07) is 0.277. The van der Waals surface area contributed by atoms with Gasteiger partial charge >= 0.3 is 0 Å². The van der Waals surface area contributed by atoms with Gasteiger partial charge < -0.3 is 5.32 Å². The van der Waals surface area contributed by atoms with Crippen molar-refractivity contribution in [1.82, 2.24) is 5.32 Å². The Kier molecular flexibility index (Phi) is 7.33. The molecule has 0 aromatic carbocycles. The van der Waals surface area contributed by atoms with Crippen LogP contribution in [-0.2, 0) is 4.79 Å². The highest BCUT2D eigenvalue weighted by molar-refractivity contribution is 9.09. The second-order valence-corrected chi connectivity index (χ2v) is 5.15. The molecule has 0 aromatic heterocycles. The molecule has 0 bridgehead atoms. The van der Waals surface area contributed by atoms with E-state index in [-0.39, 0.29) is 11.9 Å². The molecule has 0 fully saturated rings. The van der Waals surface area contributed by atoms with Gasteiger partial charge in [-0.15, -0.1) is 0 Å². The number of nitrogens with one attached hydrogen (secondary N) is 1. The van der Waals surface area contributed by atoms with Gasteiger partial charge in [-0.1, -0.05) is 36.2 Å². The predicted molar refractivity (Wildman–Crippen MR) is 60.1 cm³/mol.